The van der Waals surface area contributed by atoms with Crippen molar-refractivity contribution in [1.82, 2.24) is 5.32 Å². The maximum absolute atomic E-state index is 12.5. The van der Waals surface area contributed by atoms with E-state index in [4.69, 9.17) is 9.05 Å². The van der Waals surface area contributed by atoms with Crippen molar-refractivity contribution in [1.29, 1.82) is 0 Å². The number of phosphoric ester groups is 1. The number of unbranched alkanes of at least 4 members (excludes halogenated alkanes) is 7. The number of aliphatic hydroxyl groups excluding tert-OH is 1. The van der Waals surface area contributed by atoms with Gasteiger partial charge < -0.3 is 19.8 Å². The zero-order valence-corrected chi connectivity index (χ0v) is 25.5. The number of nitrogens with zero attached hydrogens (tertiary/aromatic N) is 1. The molecule has 0 aromatic rings. The molecule has 0 heterocycles. The van der Waals surface area contributed by atoms with Crippen LogP contribution < -0.4 is 5.32 Å². The van der Waals surface area contributed by atoms with Crippen LogP contribution in [0, 0.1) is 0 Å². The molecule has 3 unspecified atom stereocenters. The summed E-state index contributed by atoms with van der Waals surface area (Å²) in [5, 5.41) is 13.5. The summed E-state index contributed by atoms with van der Waals surface area (Å²) >= 11 is 0. The number of amides is 1. The standard InChI is InChI=1S/C29H55N2O6P/c1-6-8-10-12-14-15-16-17-18-20-22-28(32)27(30-29(33)23-21-19-13-11-9-7-2)26-37-38(34,35)36-25-24-31(3,4)5/h8,10,15-16,20,22,27-28,32H,6-7,9,11-14,17-19,21,23-26H2,1-5H3,(H-,30,33,34,35)/p+1/b10-8+,16-15+,22-20+. The number of nitrogens with one attached hydrogen (secondary N) is 1. The summed E-state index contributed by atoms with van der Waals surface area (Å²) in [4.78, 5) is 22.6. The van der Waals surface area contributed by atoms with Crippen molar-refractivity contribution in [3.63, 3.8) is 0 Å². The van der Waals surface area contributed by atoms with Gasteiger partial charge in [0.25, 0.3) is 0 Å². The molecule has 0 aromatic heterocycles. The number of hydrogen-bond donors (Lipinski definition) is 3. The van der Waals surface area contributed by atoms with Crippen molar-refractivity contribution in [2.24, 2.45) is 0 Å². The van der Waals surface area contributed by atoms with Crippen molar-refractivity contribution in [2.45, 2.75) is 103 Å². The second-order valence-electron chi connectivity index (χ2n) is 10.7. The van der Waals surface area contributed by atoms with Crippen LogP contribution in [0.25, 0.3) is 0 Å². The number of carbonyl (C=O) groups is 1. The minimum Gasteiger partial charge on any atom is -0.387 e. The van der Waals surface area contributed by atoms with E-state index in [9.17, 15) is 19.4 Å². The van der Waals surface area contributed by atoms with E-state index in [2.05, 4.69) is 43.5 Å². The second-order valence-corrected chi connectivity index (χ2v) is 12.2. The summed E-state index contributed by atoms with van der Waals surface area (Å²) in [6.45, 7) is 4.53. The minimum atomic E-state index is -4.32. The molecule has 8 nitrogen and oxygen atoms in total. The molecule has 0 spiro atoms. The molecule has 3 N–H and O–H groups in total. The summed E-state index contributed by atoms with van der Waals surface area (Å²) in [6, 6.07) is -0.859. The highest BCUT2D eigenvalue weighted by atomic mass is 31.2. The maximum atomic E-state index is 12.5. The number of likely N-dealkylation sites (N-methyl/N-ethyl adjacent to an activating group) is 1. The van der Waals surface area contributed by atoms with Crippen molar-refractivity contribution < 1.29 is 32.9 Å². The minimum absolute atomic E-state index is 0.0528. The highest BCUT2D eigenvalue weighted by Gasteiger charge is 2.27. The summed E-state index contributed by atoms with van der Waals surface area (Å²) in [5.74, 6) is -0.208. The fourth-order valence-electron chi connectivity index (χ4n) is 3.49. The van der Waals surface area contributed by atoms with E-state index in [0.717, 1.165) is 51.4 Å². The van der Waals surface area contributed by atoms with Crippen LogP contribution in [0.3, 0.4) is 0 Å². The van der Waals surface area contributed by atoms with E-state index in [1.54, 1.807) is 6.08 Å². The van der Waals surface area contributed by atoms with E-state index >= 15 is 0 Å². The van der Waals surface area contributed by atoms with Gasteiger partial charge in [0, 0.05) is 6.42 Å². The molecule has 38 heavy (non-hydrogen) atoms. The molecule has 0 aliphatic rings. The molecule has 0 saturated heterocycles. The van der Waals surface area contributed by atoms with Gasteiger partial charge in [0.1, 0.15) is 13.2 Å². The number of carbonyl (C=O) groups excluding carboxylic acids is 1. The number of allylic oxidation sites excluding steroid dienone is 5. The van der Waals surface area contributed by atoms with Crippen LogP contribution in [-0.4, -0.2) is 73.4 Å². The third-order valence-corrected chi connectivity index (χ3v) is 6.84. The van der Waals surface area contributed by atoms with E-state index in [1.807, 2.05) is 27.2 Å². The molecule has 0 aliphatic carbocycles. The van der Waals surface area contributed by atoms with Gasteiger partial charge in [-0.3, -0.25) is 13.8 Å². The topological polar surface area (TPSA) is 105 Å². The molecule has 0 saturated carbocycles. The Hall–Kier alpha value is -1.28. The zero-order chi connectivity index (χ0) is 28.7. The average Bonchev–Trinajstić information content (AvgIpc) is 2.84. The Kier molecular flexibility index (Phi) is 21.8. The molecule has 0 rings (SSSR count). The van der Waals surface area contributed by atoms with Gasteiger partial charge in [-0.1, -0.05) is 82.4 Å². The Morgan fingerprint density at radius 3 is 2.08 bits per heavy atom. The number of rotatable bonds is 24. The molecule has 222 valence electrons. The van der Waals surface area contributed by atoms with Crippen LogP contribution >= 0.6 is 7.82 Å². The van der Waals surface area contributed by atoms with Crippen molar-refractivity contribution in [2.75, 3.05) is 40.9 Å². The van der Waals surface area contributed by atoms with E-state index in [1.165, 1.54) is 19.3 Å². The Morgan fingerprint density at radius 2 is 1.47 bits per heavy atom. The van der Waals surface area contributed by atoms with Crippen LogP contribution in [0.2, 0.25) is 0 Å². The number of hydrogen-bond acceptors (Lipinski definition) is 5. The van der Waals surface area contributed by atoms with Crippen LogP contribution in [0.15, 0.2) is 36.5 Å². The molecule has 1 amide bonds. The Balaban J connectivity index is 4.81. The fourth-order valence-corrected chi connectivity index (χ4v) is 4.22. The predicted molar refractivity (Wildman–Crippen MR) is 157 cm³/mol. The fraction of sp³-hybridized carbons (Fsp3) is 0.759. The molecule has 0 aliphatic heterocycles. The lowest BCUT2D eigenvalue weighted by atomic mass is 10.1. The quantitative estimate of drug-likeness (QED) is 0.0575. The zero-order valence-electron chi connectivity index (χ0n) is 24.6. The summed E-state index contributed by atoms with van der Waals surface area (Å²) < 4.78 is 23.1. The first-order valence-corrected chi connectivity index (χ1v) is 15.9. The molecule has 0 bridgehead atoms. The number of quaternary nitrogens is 1. The lowest BCUT2D eigenvalue weighted by Gasteiger charge is -2.25. The molecule has 9 heteroatoms. The van der Waals surface area contributed by atoms with Crippen LogP contribution in [0.5, 0.6) is 0 Å². The number of aliphatic hydroxyl groups is 1. The molecule has 0 radical (unpaired) electrons. The van der Waals surface area contributed by atoms with Crippen molar-refractivity contribution in [3.05, 3.63) is 36.5 Å². The summed E-state index contributed by atoms with van der Waals surface area (Å²) in [5.41, 5.74) is 0. The smallest absolute Gasteiger partial charge is 0.387 e. The average molecular weight is 560 g/mol. The van der Waals surface area contributed by atoms with Crippen molar-refractivity contribution in [3.8, 4) is 0 Å². The van der Waals surface area contributed by atoms with Gasteiger partial charge in [0.15, 0.2) is 0 Å². The van der Waals surface area contributed by atoms with Crippen LogP contribution in [-0.2, 0) is 18.4 Å². The molecular formula is C29H56N2O6P+. The summed E-state index contributed by atoms with van der Waals surface area (Å²) in [7, 11) is 1.53. The third kappa shape index (κ3) is 23.8. The third-order valence-electron chi connectivity index (χ3n) is 5.85. The first-order chi connectivity index (χ1) is 18.0. The van der Waals surface area contributed by atoms with Crippen LogP contribution in [0.4, 0.5) is 0 Å². The molecule has 0 fully saturated rings. The highest BCUT2D eigenvalue weighted by molar-refractivity contribution is 7.47. The van der Waals surface area contributed by atoms with Gasteiger partial charge in [0.05, 0.1) is 39.9 Å². The maximum Gasteiger partial charge on any atom is 0.472 e. The van der Waals surface area contributed by atoms with Gasteiger partial charge in [-0.2, -0.15) is 0 Å². The SMILES string of the molecule is CC/C=C/CC/C=C/CC/C=C/C(O)C(COP(=O)(O)OCC[N+](C)(C)C)NC(=O)CCCCCCCC. The summed E-state index contributed by atoms with van der Waals surface area (Å²) in [6.07, 6.45) is 22.4. The van der Waals surface area contributed by atoms with E-state index in [0.29, 0.717) is 17.4 Å². The normalized spacial score (nSPS) is 15.9. The Labute approximate surface area is 232 Å². The van der Waals surface area contributed by atoms with Gasteiger partial charge in [0.2, 0.25) is 5.91 Å². The highest BCUT2D eigenvalue weighted by Crippen LogP contribution is 2.43. The first-order valence-electron chi connectivity index (χ1n) is 14.4. The lowest BCUT2D eigenvalue weighted by Crippen LogP contribution is -2.45. The van der Waals surface area contributed by atoms with E-state index in [-0.39, 0.29) is 19.1 Å². The van der Waals surface area contributed by atoms with Crippen molar-refractivity contribution >= 4 is 13.7 Å². The largest absolute Gasteiger partial charge is 0.472 e. The first kappa shape index (κ1) is 36.7. The Bertz CT molecular complexity index is 733. The van der Waals surface area contributed by atoms with E-state index < -0.39 is 20.0 Å². The van der Waals surface area contributed by atoms with Gasteiger partial charge in [-0.05, 0) is 38.5 Å². The Morgan fingerprint density at radius 1 is 0.895 bits per heavy atom. The predicted octanol–water partition coefficient (Wildman–Crippen LogP) is 6.06. The number of phosphoric acid groups is 1. The van der Waals surface area contributed by atoms with Gasteiger partial charge in [-0.25, -0.2) is 4.57 Å². The van der Waals surface area contributed by atoms with Gasteiger partial charge >= 0.3 is 7.82 Å². The monoisotopic (exact) mass is 559 g/mol. The molecular weight excluding hydrogens is 503 g/mol. The van der Waals surface area contributed by atoms with Gasteiger partial charge in [-0.15, -0.1) is 0 Å². The lowest BCUT2D eigenvalue weighted by molar-refractivity contribution is -0.870. The van der Waals surface area contributed by atoms with Crippen LogP contribution in [0.1, 0.15) is 90.9 Å². The molecule has 0 aromatic carbocycles. The molecule has 3 atom stereocenters. The second kappa shape index (κ2) is 22.5.